The second kappa shape index (κ2) is 9.00. The van der Waals surface area contributed by atoms with Gasteiger partial charge in [-0.2, -0.15) is 10.4 Å². The van der Waals surface area contributed by atoms with Gasteiger partial charge < -0.3 is 9.80 Å². The first-order valence-corrected chi connectivity index (χ1v) is 11.0. The second-order valence-corrected chi connectivity index (χ2v) is 8.39. The largest absolute Gasteiger partial charge is 0.353 e. The number of aromatic nitrogens is 3. The monoisotopic (exact) mass is 458 g/mol. The third kappa shape index (κ3) is 4.43. The minimum absolute atomic E-state index is 0.257. The molecule has 164 valence electrons. The zero-order valence-corrected chi connectivity index (χ0v) is 18.5. The molecule has 0 bridgehead atoms. The van der Waals surface area contributed by atoms with Crippen LogP contribution in [0.15, 0.2) is 60.8 Å². The van der Waals surface area contributed by atoms with Crippen molar-refractivity contribution >= 4 is 34.0 Å². The van der Waals surface area contributed by atoms with Crippen molar-refractivity contribution in [2.24, 2.45) is 0 Å². The maximum Gasteiger partial charge on any atom is 0.159 e. The number of hydrogen-bond acceptors (Lipinski definition) is 6. The van der Waals surface area contributed by atoms with Crippen LogP contribution in [0.2, 0.25) is 5.02 Å². The Morgan fingerprint density at radius 1 is 0.909 bits per heavy atom. The lowest BCUT2D eigenvalue weighted by atomic mass is 10.0. The standard InChI is InChI=1S/C25H20ClFN6/c26-19-4-7-21-22(14-19)25(31-30-23(21)13-17-1-5-20(27)6-2-17)33-11-9-32(10-12-33)24-8-3-18(15-28)16-29-24/h1-8,14,16H,9-13H2. The predicted octanol–water partition coefficient (Wildman–Crippen LogP) is 4.61. The Labute approximate surface area is 195 Å². The summed E-state index contributed by atoms with van der Waals surface area (Å²) in [6.07, 6.45) is 2.16. The highest BCUT2D eigenvalue weighted by Gasteiger charge is 2.22. The summed E-state index contributed by atoms with van der Waals surface area (Å²) in [5.74, 6) is 1.41. The summed E-state index contributed by atoms with van der Waals surface area (Å²) in [4.78, 5) is 8.82. The number of fused-ring (bicyclic) bond motifs is 1. The van der Waals surface area contributed by atoms with E-state index in [2.05, 4.69) is 31.1 Å². The van der Waals surface area contributed by atoms with Crippen LogP contribution in [0.1, 0.15) is 16.8 Å². The smallest absolute Gasteiger partial charge is 0.159 e. The van der Waals surface area contributed by atoms with Crippen LogP contribution in [0.5, 0.6) is 0 Å². The third-order valence-electron chi connectivity index (χ3n) is 5.86. The maximum absolute atomic E-state index is 13.3. The van der Waals surface area contributed by atoms with Gasteiger partial charge in [-0.05, 0) is 42.0 Å². The molecule has 0 aliphatic carbocycles. The van der Waals surface area contributed by atoms with Crippen molar-refractivity contribution in [3.05, 3.63) is 88.5 Å². The van der Waals surface area contributed by atoms with Crippen molar-refractivity contribution in [1.29, 1.82) is 5.26 Å². The van der Waals surface area contributed by atoms with Gasteiger partial charge in [-0.25, -0.2) is 9.37 Å². The molecule has 0 radical (unpaired) electrons. The predicted molar refractivity (Wildman–Crippen MR) is 127 cm³/mol. The van der Waals surface area contributed by atoms with E-state index < -0.39 is 0 Å². The Kier molecular flexibility index (Phi) is 5.76. The van der Waals surface area contributed by atoms with Crippen LogP contribution in [0.25, 0.3) is 10.8 Å². The summed E-state index contributed by atoms with van der Waals surface area (Å²) in [7, 11) is 0. The number of piperazine rings is 1. The molecule has 8 heteroatoms. The molecule has 1 aliphatic rings. The van der Waals surface area contributed by atoms with Crippen LogP contribution >= 0.6 is 11.6 Å². The van der Waals surface area contributed by atoms with Gasteiger partial charge in [-0.1, -0.05) is 29.8 Å². The molecular formula is C25H20ClFN6. The average molecular weight is 459 g/mol. The summed E-state index contributed by atoms with van der Waals surface area (Å²) in [5.41, 5.74) is 2.35. The summed E-state index contributed by atoms with van der Waals surface area (Å²) in [6, 6.07) is 18.0. The van der Waals surface area contributed by atoms with Gasteiger partial charge in [0.05, 0.1) is 11.3 Å². The van der Waals surface area contributed by atoms with Crippen molar-refractivity contribution in [3.8, 4) is 6.07 Å². The van der Waals surface area contributed by atoms with Crippen LogP contribution in [0.3, 0.4) is 0 Å². The Hall–Kier alpha value is -3.76. The third-order valence-corrected chi connectivity index (χ3v) is 6.10. The van der Waals surface area contributed by atoms with Crippen LogP contribution < -0.4 is 9.80 Å². The molecule has 6 nitrogen and oxygen atoms in total. The molecule has 33 heavy (non-hydrogen) atoms. The first-order chi connectivity index (χ1) is 16.1. The molecule has 1 aliphatic heterocycles. The van der Waals surface area contributed by atoms with E-state index >= 15 is 0 Å². The molecule has 0 saturated carbocycles. The summed E-state index contributed by atoms with van der Waals surface area (Å²) < 4.78 is 13.3. The number of nitriles is 1. The Balaban J connectivity index is 1.40. The quantitative estimate of drug-likeness (QED) is 0.445. The molecule has 0 unspecified atom stereocenters. The molecule has 1 saturated heterocycles. The van der Waals surface area contributed by atoms with Crippen molar-refractivity contribution in [2.45, 2.75) is 6.42 Å². The maximum atomic E-state index is 13.3. The molecule has 5 rings (SSSR count). The zero-order chi connectivity index (χ0) is 22.8. The van der Waals surface area contributed by atoms with Crippen LogP contribution in [-0.2, 0) is 6.42 Å². The number of hydrogen-bond donors (Lipinski definition) is 0. The molecule has 0 atom stereocenters. The number of rotatable bonds is 4. The fourth-order valence-electron chi connectivity index (χ4n) is 4.11. The van der Waals surface area contributed by atoms with Gasteiger partial charge in [0, 0.05) is 54.6 Å². The van der Waals surface area contributed by atoms with Crippen LogP contribution in [0.4, 0.5) is 16.0 Å². The van der Waals surface area contributed by atoms with Crippen LogP contribution in [-0.4, -0.2) is 41.4 Å². The lowest BCUT2D eigenvalue weighted by Gasteiger charge is -2.36. The molecule has 0 amide bonds. The second-order valence-electron chi connectivity index (χ2n) is 7.95. The topological polar surface area (TPSA) is 68.9 Å². The van der Waals surface area contributed by atoms with E-state index in [9.17, 15) is 4.39 Å². The Morgan fingerprint density at radius 3 is 2.36 bits per heavy atom. The first kappa shape index (κ1) is 21.1. The highest BCUT2D eigenvalue weighted by molar-refractivity contribution is 6.31. The first-order valence-electron chi connectivity index (χ1n) is 10.7. The van der Waals surface area contributed by atoms with Crippen molar-refractivity contribution < 1.29 is 4.39 Å². The van der Waals surface area contributed by atoms with Gasteiger partial charge in [0.15, 0.2) is 5.82 Å². The number of benzene rings is 2. The minimum Gasteiger partial charge on any atom is -0.353 e. The highest BCUT2D eigenvalue weighted by Crippen LogP contribution is 2.30. The van der Waals surface area contributed by atoms with E-state index in [0.717, 1.165) is 59.8 Å². The minimum atomic E-state index is -0.257. The Bertz CT molecular complexity index is 1330. The highest BCUT2D eigenvalue weighted by atomic mass is 35.5. The molecule has 0 spiro atoms. The molecule has 2 aromatic carbocycles. The number of anilines is 2. The van der Waals surface area contributed by atoms with Crippen LogP contribution in [0, 0.1) is 17.1 Å². The lowest BCUT2D eigenvalue weighted by Crippen LogP contribution is -2.47. The zero-order valence-electron chi connectivity index (χ0n) is 17.7. The van der Waals surface area contributed by atoms with Gasteiger partial charge in [0.1, 0.15) is 17.7 Å². The molecule has 2 aromatic heterocycles. The van der Waals surface area contributed by atoms with E-state index in [-0.39, 0.29) is 5.82 Å². The molecule has 1 fully saturated rings. The molecule has 0 N–H and O–H groups in total. The van der Waals surface area contributed by atoms with Crippen molar-refractivity contribution in [1.82, 2.24) is 15.2 Å². The van der Waals surface area contributed by atoms with E-state index in [1.165, 1.54) is 12.1 Å². The van der Waals surface area contributed by atoms with Gasteiger partial charge >= 0.3 is 0 Å². The van der Waals surface area contributed by atoms with Gasteiger partial charge in [0.2, 0.25) is 0 Å². The number of nitrogens with zero attached hydrogens (tertiary/aromatic N) is 6. The summed E-state index contributed by atoms with van der Waals surface area (Å²) in [5, 5.41) is 20.7. The SMILES string of the molecule is N#Cc1ccc(N2CCN(c3nnc(Cc4ccc(F)cc4)c4ccc(Cl)cc34)CC2)nc1. The van der Waals surface area contributed by atoms with Gasteiger partial charge in [0.25, 0.3) is 0 Å². The molecular weight excluding hydrogens is 439 g/mol. The van der Waals surface area contributed by atoms with E-state index in [0.29, 0.717) is 17.0 Å². The average Bonchev–Trinajstić information content (AvgIpc) is 2.85. The normalized spacial score (nSPS) is 13.8. The van der Waals surface area contributed by atoms with E-state index in [4.69, 9.17) is 16.9 Å². The summed E-state index contributed by atoms with van der Waals surface area (Å²) in [6.45, 7) is 3.07. The fraction of sp³-hybridized carbons (Fsp3) is 0.200. The van der Waals surface area contributed by atoms with E-state index in [1.807, 2.05) is 24.3 Å². The number of pyridine rings is 1. The van der Waals surface area contributed by atoms with Crippen molar-refractivity contribution in [2.75, 3.05) is 36.0 Å². The van der Waals surface area contributed by atoms with Gasteiger partial charge in [-0.15, -0.1) is 5.10 Å². The van der Waals surface area contributed by atoms with E-state index in [1.54, 1.807) is 24.4 Å². The fourth-order valence-corrected chi connectivity index (χ4v) is 4.29. The van der Waals surface area contributed by atoms with Gasteiger partial charge in [-0.3, -0.25) is 0 Å². The molecule has 4 aromatic rings. The summed E-state index contributed by atoms with van der Waals surface area (Å²) >= 11 is 6.34. The lowest BCUT2D eigenvalue weighted by molar-refractivity contribution is 0.627. The number of halogens is 2. The van der Waals surface area contributed by atoms with Crippen molar-refractivity contribution in [3.63, 3.8) is 0 Å². The Morgan fingerprint density at radius 2 is 1.67 bits per heavy atom. The molecule has 3 heterocycles.